The maximum atomic E-state index is 11.6. The van der Waals surface area contributed by atoms with E-state index in [0.717, 1.165) is 0 Å². The van der Waals surface area contributed by atoms with Gasteiger partial charge in [0.15, 0.2) is 0 Å². The van der Waals surface area contributed by atoms with Crippen LogP contribution in [0.15, 0.2) is 12.5 Å². The minimum absolute atomic E-state index is 0.238. The number of hydrogen-bond donors (Lipinski definition) is 2. The molecule has 1 heterocycles. The summed E-state index contributed by atoms with van der Waals surface area (Å²) < 4.78 is 1.61. The minimum Gasteiger partial charge on any atom is -0.481 e. The van der Waals surface area contributed by atoms with Crippen LogP contribution in [0.3, 0.4) is 0 Å². The number of aromatic nitrogens is 2. The Morgan fingerprint density at radius 1 is 1.62 bits per heavy atom. The average Bonchev–Trinajstić information content (AvgIpc) is 2.64. The molecule has 1 atom stereocenters. The summed E-state index contributed by atoms with van der Waals surface area (Å²) in [7, 11) is 1.72. The third kappa shape index (κ3) is 3.08. The predicted molar refractivity (Wildman–Crippen MR) is 57.0 cm³/mol. The molecule has 0 aliphatic carbocycles. The summed E-state index contributed by atoms with van der Waals surface area (Å²) in [5, 5.41) is 11.3. The molecule has 16 heavy (non-hydrogen) atoms. The molecule has 1 aromatic heterocycles. The van der Waals surface area contributed by atoms with Crippen molar-refractivity contribution in [1.29, 1.82) is 0 Å². The highest BCUT2D eigenvalue weighted by Crippen LogP contribution is 2.01. The molecule has 1 unspecified atom stereocenters. The van der Waals surface area contributed by atoms with Crippen LogP contribution in [0, 0.1) is 5.92 Å². The van der Waals surface area contributed by atoms with Gasteiger partial charge in [-0.05, 0) is 6.42 Å². The smallest absolute Gasteiger partial charge is 0.306 e. The van der Waals surface area contributed by atoms with Crippen molar-refractivity contribution in [2.24, 2.45) is 13.0 Å². The fraction of sp³-hybridized carbons (Fsp3) is 0.500. The molecule has 0 radical (unpaired) electrons. The Balaban J connectivity index is 2.37. The lowest BCUT2D eigenvalue weighted by Gasteiger charge is -2.07. The maximum absolute atomic E-state index is 11.6. The molecule has 1 aromatic rings. The van der Waals surface area contributed by atoms with Crippen molar-refractivity contribution in [2.45, 2.75) is 13.3 Å². The Morgan fingerprint density at radius 2 is 2.31 bits per heavy atom. The van der Waals surface area contributed by atoms with Gasteiger partial charge < -0.3 is 15.0 Å². The van der Waals surface area contributed by atoms with E-state index >= 15 is 0 Å². The second kappa shape index (κ2) is 5.29. The first-order chi connectivity index (χ1) is 7.52. The Morgan fingerprint density at radius 3 is 2.81 bits per heavy atom. The van der Waals surface area contributed by atoms with Gasteiger partial charge in [0.25, 0.3) is 5.91 Å². The van der Waals surface area contributed by atoms with Gasteiger partial charge in [-0.2, -0.15) is 0 Å². The number of imidazole rings is 1. The van der Waals surface area contributed by atoms with E-state index in [-0.39, 0.29) is 5.91 Å². The number of aliphatic carboxylic acids is 1. The van der Waals surface area contributed by atoms with E-state index in [2.05, 4.69) is 10.3 Å². The monoisotopic (exact) mass is 225 g/mol. The van der Waals surface area contributed by atoms with Gasteiger partial charge in [0.05, 0.1) is 18.4 Å². The highest BCUT2D eigenvalue weighted by atomic mass is 16.4. The molecule has 0 aliphatic heterocycles. The van der Waals surface area contributed by atoms with Crippen LogP contribution in [0.1, 0.15) is 23.8 Å². The van der Waals surface area contributed by atoms with Crippen LogP contribution < -0.4 is 5.32 Å². The number of carbonyl (C=O) groups is 2. The van der Waals surface area contributed by atoms with Gasteiger partial charge in [-0.3, -0.25) is 9.59 Å². The molecule has 0 bridgehead atoms. The number of nitrogens with zero attached hydrogens (tertiary/aromatic N) is 2. The lowest BCUT2D eigenvalue weighted by atomic mass is 10.1. The van der Waals surface area contributed by atoms with E-state index in [1.54, 1.807) is 18.5 Å². The second-order valence-corrected chi connectivity index (χ2v) is 3.67. The van der Waals surface area contributed by atoms with Crippen molar-refractivity contribution >= 4 is 11.9 Å². The van der Waals surface area contributed by atoms with Crippen molar-refractivity contribution in [3.8, 4) is 0 Å². The standard InChI is InChI=1S/C10H15N3O3/c1-7(10(15)16)3-4-12-9(14)8-5-11-6-13(8)2/h5-7H,3-4H2,1-2H3,(H,12,14)(H,15,16). The Bertz CT molecular complexity index is 386. The summed E-state index contributed by atoms with van der Waals surface area (Å²) in [6.07, 6.45) is 3.42. The number of nitrogens with one attached hydrogen (secondary N) is 1. The molecule has 0 aromatic carbocycles. The minimum atomic E-state index is -0.852. The first kappa shape index (κ1) is 12.2. The topological polar surface area (TPSA) is 84.2 Å². The molecule has 0 saturated heterocycles. The number of carboxylic acids is 1. The van der Waals surface area contributed by atoms with Crippen LogP contribution in [0.2, 0.25) is 0 Å². The third-order valence-electron chi connectivity index (χ3n) is 2.33. The van der Waals surface area contributed by atoms with Gasteiger partial charge in [-0.25, -0.2) is 4.98 Å². The van der Waals surface area contributed by atoms with Crippen LogP contribution in [0.5, 0.6) is 0 Å². The highest BCUT2D eigenvalue weighted by molar-refractivity contribution is 5.92. The lowest BCUT2D eigenvalue weighted by molar-refractivity contribution is -0.141. The molecule has 0 fully saturated rings. The van der Waals surface area contributed by atoms with E-state index in [4.69, 9.17) is 5.11 Å². The Hall–Kier alpha value is -1.85. The largest absolute Gasteiger partial charge is 0.481 e. The molecule has 1 rings (SSSR count). The van der Waals surface area contributed by atoms with Gasteiger partial charge >= 0.3 is 5.97 Å². The Labute approximate surface area is 93.3 Å². The molecule has 88 valence electrons. The molecule has 6 nitrogen and oxygen atoms in total. The zero-order chi connectivity index (χ0) is 12.1. The molecule has 1 amide bonds. The van der Waals surface area contributed by atoms with Crippen molar-refractivity contribution in [3.05, 3.63) is 18.2 Å². The van der Waals surface area contributed by atoms with Gasteiger partial charge in [-0.15, -0.1) is 0 Å². The van der Waals surface area contributed by atoms with Crippen LogP contribution in [0.4, 0.5) is 0 Å². The molecule has 0 spiro atoms. The normalized spacial score (nSPS) is 12.1. The highest BCUT2D eigenvalue weighted by Gasteiger charge is 2.12. The van der Waals surface area contributed by atoms with E-state index in [1.807, 2.05) is 0 Å². The molecule has 0 saturated carbocycles. The maximum Gasteiger partial charge on any atom is 0.306 e. The summed E-state index contributed by atoms with van der Waals surface area (Å²) in [4.78, 5) is 25.9. The van der Waals surface area contributed by atoms with Gasteiger partial charge in [-0.1, -0.05) is 6.92 Å². The molecule has 6 heteroatoms. The second-order valence-electron chi connectivity index (χ2n) is 3.67. The lowest BCUT2D eigenvalue weighted by Crippen LogP contribution is -2.28. The molecular formula is C10H15N3O3. The summed E-state index contributed by atoms with van der Waals surface area (Å²) in [6.45, 7) is 1.95. The summed E-state index contributed by atoms with van der Waals surface area (Å²) in [5.41, 5.74) is 0.461. The van der Waals surface area contributed by atoms with Crippen molar-refractivity contribution in [2.75, 3.05) is 6.54 Å². The predicted octanol–water partition coefficient (Wildman–Crippen LogP) is 0.261. The van der Waals surface area contributed by atoms with Crippen molar-refractivity contribution in [1.82, 2.24) is 14.9 Å². The third-order valence-corrected chi connectivity index (χ3v) is 2.33. The number of carbonyl (C=O) groups excluding carboxylic acids is 1. The van der Waals surface area contributed by atoms with Crippen LogP contribution in [-0.2, 0) is 11.8 Å². The zero-order valence-corrected chi connectivity index (χ0v) is 9.30. The van der Waals surface area contributed by atoms with Crippen LogP contribution >= 0.6 is 0 Å². The van der Waals surface area contributed by atoms with Crippen molar-refractivity contribution in [3.63, 3.8) is 0 Å². The number of carboxylic acid groups (broad SMARTS) is 1. The summed E-state index contributed by atoms with van der Waals surface area (Å²) in [5.74, 6) is -1.54. The number of aryl methyl sites for hydroxylation is 1. The zero-order valence-electron chi connectivity index (χ0n) is 9.30. The van der Waals surface area contributed by atoms with E-state index in [9.17, 15) is 9.59 Å². The number of hydrogen-bond acceptors (Lipinski definition) is 3. The van der Waals surface area contributed by atoms with E-state index in [1.165, 1.54) is 12.5 Å². The van der Waals surface area contributed by atoms with E-state index in [0.29, 0.717) is 18.7 Å². The quantitative estimate of drug-likeness (QED) is 0.752. The SMILES string of the molecule is CC(CCNC(=O)c1cncn1C)C(=O)O. The van der Waals surface area contributed by atoms with E-state index < -0.39 is 11.9 Å². The fourth-order valence-electron chi connectivity index (χ4n) is 1.19. The van der Waals surface area contributed by atoms with Gasteiger partial charge in [0.1, 0.15) is 5.69 Å². The first-order valence-corrected chi connectivity index (χ1v) is 4.99. The average molecular weight is 225 g/mol. The number of rotatable bonds is 5. The fourth-order valence-corrected chi connectivity index (χ4v) is 1.19. The number of amides is 1. The first-order valence-electron chi connectivity index (χ1n) is 4.99. The van der Waals surface area contributed by atoms with Gasteiger partial charge in [0.2, 0.25) is 0 Å². The van der Waals surface area contributed by atoms with Crippen LogP contribution in [0.25, 0.3) is 0 Å². The molecule has 2 N–H and O–H groups in total. The Kier molecular flexibility index (Phi) is 4.04. The van der Waals surface area contributed by atoms with Crippen molar-refractivity contribution < 1.29 is 14.7 Å². The summed E-state index contributed by atoms with van der Waals surface area (Å²) in [6, 6.07) is 0. The molecular weight excluding hydrogens is 210 g/mol. The van der Waals surface area contributed by atoms with Crippen LogP contribution in [-0.4, -0.2) is 33.1 Å². The summed E-state index contributed by atoms with van der Waals surface area (Å²) >= 11 is 0. The van der Waals surface area contributed by atoms with Gasteiger partial charge in [0, 0.05) is 13.6 Å². The molecule has 0 aliphatic rings.